The molecule has 3 heteroatoms. The Bertz CT molecular complexity index is 487. The van der Waals surface area contributed by atoms with Crippen LogP contribution in [-0.2, 0) is 11.8 Å². The van der Waals surface area contributed by atoms with E-state index in [9.17, 15) is 0 Å². The Morgan fingerprint density at radius 2 is 2.00 bits per heavy atom. The molecule has 0 saturated carbocycles. The minimum Gasteiger partial charge on any atom is -0.290 e. The van der Waals surface area contributed by atoms with Gasteiger partial charge in [-0.1, -0.05) is 20.8 Å². The van der Waals surface area contributed by atoms with Crippen molar-refractivity contribution in [2.75, 3.05) is 0 Å². The van der Waals surface area contributed by atoms with Crippen molar-refractivity contribution in [2.45, 2.75) is 77.4 Å². The molecule has 2 aliphatic rings. The van der Waals surface area contributed by atoms with Crippen LogP contribution in [0.2, 0.25) is 0 Å². The van der Waals surface area contributed by atoms with E-state index in [1.54, 1.807) is 0 Å². The Kier molecular flexibility index (Phi) is 2.93. The third-order valence-corrected chi connectivity index (χ3v) is 4.51. The molecule has 104 valence electrons. The van der Waals surface area contributed by atoms with Crippen LogP contribution in [0.5, 0.6) is 0 Å². The van der Waals surface area contributed by atoms with Gasteiger partial charge in [-0.15, -0.1) is 0 Å². The predicted octanol–water partition coefficient (Wildman–Crippen LogP) is 3.24. The lowest BCUT2D eigenvalue weighted by atomic mass is 9.93. The lowest BCUT2D eigenvalue weighted by Gasteiger charge is -2.38. The van der Waals surface area contributed by atoms with Gasteiger partial charge in [0.15, 0.2) is 0 Å². The Morgan fingerprint density at radius 3 is 2.63 bits per heavy atom. The van der Waals surface area contributed by atoms with E-state index < -0.39 is 0 Å². The fourth-order valence-electron chi connectivity index (χ4n) is 3.66. The molecule has 2 atom stereocenters. The second kappa shape index (κ2) is 4.27. The summed E-state index contributed by atoms with van der Waals surface area (Å²) < 4.78 is 0. The van der Waals surface area contributed by atoms with Gasteiger partial charge < -0.3 is 0 Å². The normalized spacial score (nSPS) is 26.8. The summed E-state index contributed by atoms with van der Waals surface area (Å²) in [6.45, 7) is 11.2. The van der Waals surface area contributed by atoms with Gasteiger partial charge in [0.1, 0.15) is 5.82 Å². The first-order valence-electron chi connectivity index (χ1n) is 7.51. The van der Waals surface area contributed by atoms with Crippen LogP contribution in [0.3, 0.4) is 0 Å². The van der Waals surface area contributed by atoms with Crippen molar-refractivity contribution in [2.24, 2.45) is 0 Å². The highest BCUT2D eigenvalue weighted by atomic mass is 15.2. The molecule has 2 aliphatic heterocycles. The molecule has 2 unspecified atom stereocenters. The second-order valence-corrected chi connectivity index (χ2v) is 7.34. The maximum Gasteiger partial charge on any atom is 0.133 e. The van der Waals surface area contributed by atoms with Crippen LogP contribution in [0.1, 0.15) is 70.6 Å². The van der Waals surface area contributed by atoms with Crippen LogP contribution >= 0.6 is 0 Å². The van der Waals surface area contributed by atoms with E-state index in [-0.39, 0.29) is 5.41 Å². The average Bonchev–Trinajstić information content (AvgIpc) is 2.64. The molecule has 2 bridgehead atoms. The Labute approximate surface area is 116 Å². The summed E-state index contributed by atoms with van der Waals surface area (Å²) in [4.78, 5) is 12.2. The molecule has 0 aromatic carbocycles. The van der Waals surface area contributed by atoms with Crippen LogP contribution in [0, 0.1) is 0 Å². The Morgan fingerprint density at radius 1 is 1.26 bits per heavy atom. The first-order chi connectivity index (χ1) is 8.88. The van der Waals surface area contributed by atoms with Gasteiger partial charge in [0.05, 0.1) is 5.69 Å². The topological polar surface area (TPSA) is 29.0 Å². The summed E-state index contributed by atoms with van der Waals surface area (Å²) in [5.41, 5.74) is 2.74. The van der Waals surface area contributed by atoms with Gasteiger partial charge in [0.25, 0.3) is 0 Å². The Hall–Kier alpha value is -0.960. The van der Waals surface area contributed by atoms with Crippen LogP contribution < -0.4 is 0 Å². The Balaban J connectivity index is 2.01. The monoisotopic (exact) mass is 259 g/mol. The van der Waals surface area contributed by atoms with Crippen molar-refractivity contribution in [3.8, 4) is 0 Å². The number of nitrogens with zero attached hydrogens (tertiary/aromatic N) is 3. The van der Waals surface area contributed by atoms with Crippen LogP contribution in [0.15, 0.2) is 6.20 Å². The van der Waals surface area contributed by atoms with E-state index in [2.05, 4.69) is 50.7 Å². The van der Waals surface area contributed by atoms with Gasteiger partial charge in [-0.25, -0.2) is 9.97 Å². The SMILES string of the molecule is CC(C)N1C2CCC1c1cnc(C(C)(C)C)nc1C2. The molecule has 0 spiro atoms. The van der Waals surface area contributed by atoms with E-state index in [1.165, 1.54) is 24.1 Å². The molecule has 1 aromatic heterocycles. The van der Waals surface area contributed by atoms with Crippen molar-refractivity contribution in [1.82, 2.24) is 14.9 Å². The molecule has 19 heavy (non-hydrogen) atoms. The van der Waals surface area contributed by atoms with Crippen LogP contribution in [0.4, 0.5) is 0 Å². The molecule has 0 N–H and O–H groups in total. The zero-order valence-electron chi connectivity index (χ0n) is 12.8. The van der Waals surface area contributed by atoms with Gasteiger partial charge in [-0.05, 0) is 26.7 Å². The minimum atomic E-state index is 0.0449. The summed E-state index contributed by atoms with van der Waals surface area (Å²) >= 11 is 0. The lowest BCUT2D eigenvalue weighted by Crippen LogP contribution is -2.42. The number of aromatic nitrogens is 2. The van der Waals surface area contributed by atoms with Crippen molar-refractivity contribution in [3.05, 3.63) is 23.3 Å². The number of hydrogen-bond acceptors (Lipinski definition) is 3. The highest BCUT2D eigenvalue weighted by molar-refractivity contribution is 5.29. The molecular formula is C16H25N3. The fourth-order valence-corrected chi connectivity index (χ4v) is 3.66. The molecule has 0 amide bonds. The summed E-state index contributed by atoms with van der Waals surface area (Å²) in [7, 11) is 0. The molecule has 3 rings (SSSR count). The molecule has 1 fully saturated rings. The van der Waals surface area contributed by atoms with E-state index in [0.29, 0.717) is 18.1 Å². The standard InChI is InChI=1S/C16H25N3/c1-10(2)19-11-6-7-14(19)12-9-17-15(16(3,4)5)18-13(12)8-11/h9-11,14H,6-8H2,1-5H3. The van der Waals surface area contributed by atoms with E-state index in [4.69, 9.17) is 4.98 Å². The molecular weight excluding hydrogens is 234 g/mol. The number of fused-ring (bicyclic) bond motifs is 4. The highest BCUT2D eigenvalue weighted by Crippen LogP contribution is 2.44. The fraction of sp³-hybridized carbons (Fsp3) is 0.750. The molecule has 0 aliphatic carbocycles. The molecule has 0 radical (unpaired) electrons. The second-order valence-electron chi connectivity index (χ2n) is 7.34. The summed E-state index contributed by atoms with van der Waals surface area (Å²) in [5.74, 6) is 0.989. The molecule has 3 nitrogen and oxygen atoms in total. The molecule has 1 saturated heterocycles. The maximum absolute atomic E-state index is 4.88. The maximum atomic E-state index is 4.88. The highest BCUT2D eigenvalue weighted by Gasteiger charge is 2.42. The van der Waals surface area contributed by atoms with Gasteiger partial charge in [-0.3, -0.25) is 4.90 Å². The quantitative estimate of drug-likeness (QED) is 0.775. The molecule has 3 heterocycles. The van der Waals surface area contributed by atoms with Gasteiger partial charge in [0.2, 0.25) is 0 Å². The largest absolute Gasteiger partial charge is 0.290 e. The zero-order valence-corrected chi connectivity index (χ0v) is 12.8. The average molecular weight is 259 g/mol. The minimum absolute atomic E-state index is 0.0449. The summed E-state index contributed by atoms with van der Waals surface area (Å²) in [6.07, 6.45) is 5.79. The van der Waals surface area contributed by atoms with Crippen molar-refractivity contribution in [3.63, 3.8) is 0 Å². The van der Waals surface area contributed by atoms with Crippen LogP contribution in [0.25, 0.3) is 0 Å². The predicted molar refractivity (Wildman–Crippen MR) is 77.2 cm³/mol. The van der Waals surface area contributed by atoms with Crippen molar-refractivity contribution in [1.29, 1.82) is 0 Å². The van der Waals surface area contributed by atoms with Gasteiger partial charge >= 0.3 is 0 Å². The third-order valence-electron chi connectivity index (χ3n) is 4.51. The van der Waals surface area contributed by atoms with Gasteiger partial charge in [0, 0.05) is 41.7 Å². The molecule has 1 aromatic rings. The smallest absolute Gasteiger partial charge is 0.133 e. The van der Waals surface area contributed by atoms with Crippen molar-refractivity contribution < 1.29 is 0 Å². The summed E-state index contributed by atoms with van der Waals surface area (Å²) in [5, 5.41) is 0. The van der Waals surface area contributed by atoms with Crippen molar-refractivity contribution >= 4 is 0 Å². The van der Waals surface area contributed by atoms with E-state index in [0.717, 1.165) is 12.2 Å². The van der Waals surface area contributed by atoms with Gasteiger partial charge in [-0.2, -0.15) is 0 Å². The van der Waals surface area contributed by atoms with Crippen LogP contribution in [-0.4, -0.2) is 27.0 Å². The summed E-state index contributed by atoms with van der Waals surface area (Å²) in [6, 6.07) is 1.87. The zero-order chi connectivity index (χ0) is 13.8. The third kappa shape index (κ3) is 2.08. The number of hydrogen-bond donors (Lipinski definition) is 0. The first kappa shape index (κ1) is 13.0. The van der Waals surface area contributed by atoms with E-state index in [1.807, 2.05) is 0 Å². The lowest BCUT2D eigenvalue weighted by molar-refractivity contribution is 0.133. The first-order valence-corrected chi connectivity index (χ1v) is 7.51. The number of rotatable bonds is 1. The van der Waals surface area contributed by atoms with E-state index >= 15 is 0 Å².